The van der Waals surface area contributed by atoms with Crippen molar-refractivity contribution in [2.24, 2.45) is 0 Å². The smallest absolute Gasteiger partial charge is 0.260 e. The van der Waals surface area contributed by atoms with Crippen LogP contribution in [0, 0.1) is 0 Å². The summed E-state index contributed by atoms with van der Waals surface area (Å²) in [5.41, 5.74) is -1.76. The standard InChI is InChI=1S/C10H19FN2O/c1-7-5-12-6-8(2)13(7)9(14)10(3,4)11/h7-8,12H,5-6H2,1-4H3/t7-,8+. The van der Waals surface area contributed by atoms with E-state index in [0.717, 1.165) is 13.1 Å². The van der Waals surface area contributed by atoms with E-state index >= 15 is 0 Å². The molecule has 1 amide bonds. The summed E-state index contributed by atoms with van der Waals surface area (Å²) in [4.78, 5) is 13.4. The highest BCUT2D eigenvalue weighted by atomic mass is 19.1. The second kappa shape index (κ2) is 3.85. The molecule has 1 heterocycles. The summed E-state index contributed by atoms with van der Waals surface area (Å²) in [6.07, 6.45) is 0. The normalized spacial score (nSPS) is 29.1. The molecule has 1 fully saturated rings. The lowest BCUT2D eigenvalue weighted by Gasteiger charge is -2.41. The molecule has 0 aromatic carbocycles. The minimum atomic E-state index is -1.76. The molecule has 1 N–H and O–H groups in total. The molecule has 1 aliphatic rings. The fourth-order valence-corrected chi connectivity index (χ4v) is 1.84. The molecule has 0 radical (unpaired) electrons. The van der Waals surface area contributed by atoms with E-state index in [-0.39, 0.29) is 12.1 Å². The van der Waals surface area contributed by atoms with Crippen LogP contribution in [0.1, 0.15) is 27.7 Å². The number of rotatable bonds is 1. The van der Waals surface area contributed by atoms with Crippen molar-refractivity contribution in [2.45, 2.75) is 45.4 Å². The van der Waals surface area contributed by atoms with Crippen molar-refractivity contribution in [1.82, 2.24) is 10.2 Å². The minimum absolute atomic E-state index is 0.0706. The Kier molecular flexibility index (Phi) is 3.14. The van der Waals surface area contributed by atoms with Crippen molar-refractivity contribution in [3.8, 4) is 0 Å². The average molecular weight is 202 g/mol. The molecule has 0 bridgehead atoms. The van der Waals surface area contributed by atoms with Crippen molar-refractivity contribution < 1.29 is 9.18 Å². The molecular weight excluding hydrogens is 183 g/mol. The van der Waals surface area contributed by atoms with Crippen LogP contribution < -0.4 is 5.32 Å². The van der Waals surface area contributed by atoms with Crippen LogP contribution in [-0.2, 0) is 4.79 Å². The Labute approximate surface area is 84.7 Å². The van der Waals surface area contributed by atoms with Crippen LogP contribution in [0.2, 0.25) is 0 Å². The molecule has 1 saturated heterocycles. The van der Waals surface area contributed by atoms with E-state index < -0.39 is 11.6 Å². The Morgan fingerprint density at radius 1 is 1.36 bits per heavy atom. The van der Waals surface area contributed by atoms with E-state index in [1.165, 1.54) is 13.8 Å². The van der Waals surface area contributed by atoms with Crippen LogP contribution >= 0.6 is 0 Å². The first kappa shape index (κ1) is 11.4. The molecule has 2 atom stereocenters. The minimum Gasteiger partial charge on any atom is -0.332 e. The van der Waals surface area contributed by atoms with E-state index in [0.29, 0.717) is 0 Å². The van der Waals surface area contributed by atoms with Gasteiger partial charge in [0.1, 0.15) is 0 Å². The largest absolute Gasteiger partial charge is 0.332 e. The highest BCUT2D eigenvalue weighted by Gasteiger charge is 2.37. The van der Waals surface area contributed by atoms with E-state index in [4.69, 9.17) is 0 Å². The summed E-state index contributed by atoms with van der Waals surface area (Å²) in [5, 5.41) is 3.20. The first-order valence-electron chi connectivity index (χ1n) is 5.06. The second-order valence-electron chi connectivity index (χ2n) is 4.54. The molecule has 14 heavy (non-hydrogen) atoms. The first-order valence-corrected chi connectivity index (χ1v) is 5.06. The quantitative estimate of drug-likeness (QED) is 0.686. The third kappa shape index (κ3) is 2.23. The first-order chi connectivity index (χ1) is 6.34. The summed E-state index contributed by atoms with van der Waals surface area (Å²) in [6, 6.07) is 0.141. The van der Waals surface area contributed by atoms with Crippen molar-refractivity contribution in [1.29, 1.82) is 0 Å². The number of carbonyl (C=O) groups is 1. The van der Waals surface area contributed by atoms with Gasteiger partial charge in [0.25, 0.3) is 5.91 Å². The van der Waals surface area contributed by atoms with Crippen LogP contribution in [0.4, 0.5) is 4.39 Å². The van der Waals surface area contributed by atoms with Gasteiger partial charge in [-0.1, -0.05) is 0 Å². The predicted octanol–water partition coefficient (Wildman–Crippen LogP) is 0.943. The lowest BCUT2D eigenvalue weighted by Crippen LogP contribution is -2.60. The molecule has 1 aliphatic heterocycles. The zero-order chi connectivity index (χ0) is 10.9. The molecule has 4 heteroatoms. The molecule has 82 valence electrons. The zero-order valence-electron chi connectivity index (χ0n) is 9.30. The van der Waals surface area contributed by atoms with Gasteiger partial charge in [0.15, 0.2) is 5.67 Å². The summed E-state index contributed by atoms with van der Waals surface area (Å²) >= 11 is 0. The molecule has 0 aromatic rings. The van der Waals surface area contributed by atoms with Gasteiger partial charge in [-0.15, -0.1) is 0 Å². The number of hydrogen-bond acceptors (Lipinski definition) is 2. The Morgan fingerprint density at radius 3 is 2.14 bits per heavy atom. The monoisotopic (exact) mass is 202 g/mol. The summed E-state index contributed by atoms with van der Waals surface area (Å²) in [6.45, 7) is 7.99. The highest BCUT2D eigenvalue weighted by Crippen LogP contribution is 2.19. The number of alkyl halides is 1. The van der Waals surface area contributed by atoms with Crippen molar-refractivity contribution in [3.05, 3.63) is 0 Å². The Bertz CT molecular complexity index is 215. The number of carbonyl (C=O) groups excluding carboxylic acids is 1. The summed E-state index contributed by atoms with van der Waals surface area (Å²) in [7, 11) is 0. The Balaban J connectivity index is 2.78. The second-order valence-corrected chi connectivity index (χ2v) is 4.54. The van der Waals surface area contributed by atoms with Gasteiger partial charge < -0.3 is 10.2 Å². The van der Waals surface area contributed by atoms with Gasteiger partial charge in [-0.2, -0.15) is 0 Å². The van der Waals surface area contributed by atoms with Crippen molar-refractivity contribution >= 4 is 5.91 Å². The number of halogens is 1. The van der Waals surface area contributed by atoms with Gasteiger partial charge >= 0.3 is 0 Å². The zero-order valence-corrected chi connectivity index (χ0v) is 9.30. The highest BCUT2D eigenvalue weighted by molar-refractivity contribution is 5.84. The van der Waals surface area contributed by atoms with E-state index in [1.54, 1.807) is 4.90 Å². The van der Waals surface area contributed by atoms with Crippen LogP contribution in [0.3, 0.4) is 0 Å². The molecular formula is C10H19FN2O. The fourth-order valence-electron chi connectivity index (χ4n) is 1.84. The predicted molar refractivity (Wildman–Crippen MR) is 53.8 cm³/mol. The number of hydrogen-bond donors (Lipinski definition) is 1. The summed E-state index contributed by atoms with van der Waals surface area (Å²) in [5.74, 6) is -0.404. The molecule has 0 spiro atoms. The lowest BCUT2D eigenvalue weighted by atomic mass is 10.0. The van der Waals surface area contributed by atoms with E-state index in [2.05, 4.69) is 5.32 Å². The molecule has 0 aromatic heterocycles. The van der Waals surface area contributed by atoms with E-state index in [9.17, 15) is 9.18 Å². The van der Waals surface area contributed by atoms with Gasteiger partial charge in [-0.3, -0.25) is 4.79 Å². The molecule has 0 unspecified atom stereocenters. The number of amides is 1. The maximum absolute atomic E-state index is 13.5. The molecule has 0 saturated carbocycles. The van der Waals surface area contributed by atoms with Gasteiger partial charge in [-0.05, 0) is 27.7 Å². The number of nitrogens with zero attached hydrogens (tertiary/aromatic N) is 1. The van der Waals surface area contributed by atoms with Crippen molar-refractivity contribution in [3.63, 3.8) is 0 Å². The maximum Gasteiger partial charge on any atom is 0.260 e. The third-order valence-corrected chi connectivity index (χ3v) is 2.57. The summed E-state index contributed by atoms with van der Waals surface area (Å²) < 4.78 is 13.5. The number of piperazine rings is 1. The van der Waals surface area contributed by atoms with Gasteiger partial charge in [0.05, 0.1) is 0 Å². The topological polar surface area (TPSA) is 32.3 Å². The molecule has 0 aliphatic carbocycles. The lowest BCUT2D eigenvalue weighted by molar-refractivity contribution is -0.147. The molecule has 3 nitrogen and oxygen atoms in total. The van der Waals surface area contributed by atoms with Crippen LogP contribution in [-0.4, -0.2) is 41.6 Å². The molecule has 1 rings (SSSR count). The average Bonchev–Trinajstić information content (AvgIpc) is 2.01. The van der Waals surface area contributed by atoms with Gasteiger partial charge in [0, 0.05) is 25.2 Å². The van der Waals surface area contributed by atoms with Gasteiger partial charge in [-0.25, -0.2) is 4.39 Å². The van der Waals surface area contributed by atoms with Crippen LogP contribution in [0.5, 0.6) is 0 Å². The van der Waals surface area contributed by atoms with Gasteiger partial charge in [0.2, 0.25) is 0 Å². The SMILES string of the molecule is C[C@@H]1CNC[C@H](C)N1C(=O)C(C)(C)F. The van der Waals surface area contributed by atoms with E-state index in [1.807, 2.05) is 13.8 Å². The Hall–Kier alpha value is -0.640. The fraction of sp³-hybridized carbons (Fsp3) is 0.900. The van der Waals surface area contributed by atoms with Crippen LogP contribution in [0.25, 0.3) is 0 Å². The van der Waals surface area contributed by atoms with Crippen LogP contribution in [0.15, 0.2) is 0 Å². The maximum atomic E-state index is 13.5. The number of nitrogens with one attached hydrogen (secondary N) is 1. The third-order valence-electron chi connectivity index (χ3n) is 2.57. The van der Waals surface area contributed by atoms with Crippen molar-refractivity contribution in [2.75, 3.05) is 13.1 Å². The Morgan fingerprint density at radius 2 is 1.79 bits per heavy atom.